The predicted molar refractivity (Wildman–Crippen MR) is 50.1 cm³/mol. The van der Waals surface area contributed by atoms with E-state index < -0.39 is 11.9 Å². The largest absolute Gasteiger partial charge is 0.433 e. The fourth-order valence-corrected chi connectivity index (χ4v) is 1.49. The summed E-state index contributed by atoms with van der Waals surface area (Å²) < 4.78 is 38.6. The molecular formula is C8H6F3N3S. The summed E-state index contributed by atoms with van der Waals surface area (Å²) in [6.45, 7) is 1.66. The predicted octanol–water partition coefficient (Wildman–Crippen LogP) is 2.72. The first kappa shape index (κ1) is 10.2. The van der Waals surface area contributed by atoms with Gasteiger partial charge >= 0.3 is 6.18 Å². The van der Waals surface area contributed by atoms with Gasteiger partial charge in [0.15, 0.2) is 5.65 Å². The first-order chi connectivity index (χ1) is 6.89. The number of hydrogen-bond donors (Lipinski definition) is 1. The molecule has 2 heterocycles. The average Bonchev–Trinajstić information content (AvgIpc) is 2.47. The molecule has 2 aromatic rings. The number of nitrogens with zero attached hydrogens (tertiary/aromatic N) is 2. The van der Waals surface area contributed by atoms with Crippen LogP contribution in [-0.2, 0) is 6.18 Å². The lowest BCUT2D eigenvalue weighted by Crippen LogP contribution is -2.09. The topological polar surface area (TPSA) is 33.1 Å². The van der Waals surface area contributed by atoms with E-state index >= 15 is 0 Å². The Morgan fingerprint density at radius 2 is 2.13 bits per heavy atom. The third kappa shape index (κ3) is 1.63. The Labute approximate surface area is 87.5 Å². The molecule has 0 fully saturated rings. The number of H-pyrrole nitrogens is 1. The van der Waals surface area contributed by atoms with Gasteiger partial charge in [-0.15, -0.1) is 0 Å². The Morgan fingerprint density at radius 1 is 1.47 bits per heavy atom. The van der Waals surface area contributed by atoms with Crippen LogP contribution >= 0.6 is 12.2 Å². The lowest BCUT2D eigenvalue weighted by atomic mass is 10.3. The zero-order valence-corrected chi connectivity index (χ0v) is 8.41. The van der Waals surface area contributed by atoms with Crippen LogP contribution in [0.1, 0.15) is 11.3 Å². The molecule has 15 heavy (non-hydrogen) atoms. The summed E-state index contributed by atoms with van der Waals surface area (Å²) in [6.07, 6.45) is -2.91. The molecule has 0 aliphatic rings. The summed E-state index contributed by atoms with van der Waals surface area (Å²) in [5.74, 6) is 0. The smallest absolute Gasteiger partial charge is 0.299 e. The number of fused-ring (bicyclic) bond motifs is 1. The van der Waals surface area contributed by atoms with Crippen molar-refractivity contribution in [3.8, 4) is 0 Å². The second-order valence-corrected chi connectivity index (χ2v) is 3.51. The number of nitrogens with one attached hydrogen (secondary N) is 1. The van der Waals surface area contributed by atoms with Gasteiger partial charge in [-0.3, -0.25) is 5.10 Å². The van der Waals surface area contributed by atoms with Crippen LogP contribution in [0, 0.1) is 11.6 Å². The van der Waals surface area contributed by atoms with Crippen LogP contribution < -0.4 is 0 Å². The molecule has 0 bridgehead atoms. The molecule has 0 atom stereocenters. The minimum Gasteiger partial charge on any atom is -0.299 e. The zero-order chi connectivity index (χ0) is 11.2. The number of hydrogen-bond acceptors (Lipinski definition) is 2. The first-order valence-corrected chi connectivity index (χ1v) is 4.45. The van der Waals surface area contributed by atoms with Crippen LogP contribution in [0.4, 0.5) is 13.2 Å². The van der Waals surface area contributed by atoms with Gasteiger partial charge in [-0.25, -0.2) is 9.50 Å². The summed E-state index contributed by atoms with van der Waals surface area (Å²) >= 11 is 4.82. The zero-order valence-electron chi connectivity index (χ0n) is 7.59. The molecule has 3 nitrogen and oxygen atoms in total. The highest BCUT2D eigenvalue weighted by molar-refractivity contribution is 7.71. The maximum atomic E-state index is 12.4. The van der Waals surface area contributed by atoms with Crippen LogP contribution in [0.5, 0.6) is 0 Å². The van der Waals surface area contributed by atoms with Crippen molar-refractivity contribution in [1.29, 1.82) is 0 Å². The van der Waals surface area contributed by atoms with E-state index in [0.29, 0.717) is 5.56 Å². The van der Waals surface area contributed by atoms with Crippen LogP contribution in [-0.4, -0.2) is 14.6 Å². The molecule has 1 N–H and O–H groups in total. The fourth-order valence-electron chi connectivity index (χ4n) is 1.24. The number of aromatic nitrogens is 3. The van der Waals surface area contributed by atoms with E-state index in [2.05, 4.69) is 10.1 Å². The van der Waals surface area contributed by atoms with E-state index in [1.54, 1.807) is 13.1 Å². The average molecular weight is 233 g/mol. The van der Waals surface area contributed by atoms with Crippen LogP contribution in [0.15, 0.2) is 12.3 Å². The SMILES string of the molecule is Cc1c[nH]n2c(=S)cc(C(F)(F)F)nc12. The second-order valence-electron chi connectivity index (χ2n) is 3.09. The molecule has 0 saturated heterocycles. The molecule has 2 aromatic heterocycles. The van der Waals surface area contributed by atoms with Gasteiger partial charge < -0.3 is 0 Å². The number of alkyl halides is 3. The van der Waals surface area contributed by atoms with Crippen molar-refractivity contribution in [3.05, 3.63) is 28.2 Å². The maximum Gasteiger partial charge on any atom is 0.433 e. The molecule has 2 rings (SSSR count). The molecule has 7 heteroatoms. The van der Waals surface area contributed by atoms with E-state index in [1.165, 1.54) is 4.52 Å². The molecule has 0 spiro atoms. The van der Waals surface area contributed by atoms with Gasteiger partial charge in [-0.2, -0.15) is 13.2 Å². The van der Waals surface area contributed by atoms with E-state index in [1.807, 2.05) is 0 Å². The molecule has 0 unspecified atom stereocenters. The molecule has 0 aliphatic carbocycles. The number of aryl methyl sites for hydroxylation is 1. The van der Waals surface area contributed by atoms with E-state index in [4.69, 9.17) is 12.2 Å². The van der Waals surface area contributed by atoms with Gasteiger partial charge in [-0.05, 0) is 6.92 Å². The molecule has 0 amide bonds. The van der Waals surface area contributed by atoms with Gasteiger partial charge in [0.25, 0.3) is 0 Å². The highest BCUT2D eigenvalue weighted by atomic mass is 32.1. The highest BCUT2D eigenvalue weighted by Crippen LogP contribution is 2.28. The van der Waals surface area contributed by atoms with Crippen molar-refractivity contribution in [3.63, 3.8) is 0 Å². The molecule has 80 valence electrons. The van der Waals surface area contributed by atoms with Crippen LogP contribution in [0.3, 0.4) is 0 Å². The minimum atomic E-state index is -4.47. The third-order valence-corrected chi connectivity index (χ3v) is 2.27. The van der Waals surface area contributed by atoms with Crippen molar-refractivity contribution >= 4 is 17.9 Å². The van der Waals surface area contributed by atoms with Crippen molar-refractivity contribution < 1.29 is 13.2 Å². The van der Waals surface area contributed by atoms with Gasteiger partial charge in [0.05, 0.1) is 0 Å². The molecule has 0 radical (unpaired) electrons. The number of halogens is 3. The summed E-state index contributed by atoms with van der Waals surface area (Å²) in [4.78, 5) is 3.51. The van der Waals surface area contributed by atoms with Crippen molar-refractivity contribution in [2.75, 3.05) is 0 Å². The summed E-state index contributed by atoms with van der Waals surface area (Å²) in [5, 5.41) is 2.72. The van der Waals surface area contributed by atoms with E-state index in [-0.39, 0.29) is 10.3 Å². The van der Waals surface area contributed by atoms with E-state index in [9.17, 15) is 13.2 Å². The quantitative estimate of drug-likeness (QED) is 0.710. The van der Waals surface area contributed by atoms with Gasteiger partial charge in [0.1, 0.15) is 10.3 Å². The lowest BCUT2D eigenvalue weighted by molar-refractivity contribution is -0.141. The summed E-state index contributed by atoms with van der Waals surface area (Å²) in [5.41, 5.74) is -0.141. The fraction of sp³-hybridized carbons (Fsp3) is 0.250. The van der Waals surface area contributed by atoms with Crippen molar-refractivity contribution in [1.82, 2.24) is 14.6 Å². The Hall–Kier alpha value is -1.37. The standard InChI is InChI=1S/C8H6F3N3S/c1-4-3-12-14-6(15)2-5(8(9,10)11)13-7(4)14/h2-3,12H,1H3. The summed E-state index contributed by atoms with van der Waals surface area (Å²) in [6, 6.07) is 0.832. The minimum absolute atomic E-state index is 0.0559. The Bertz CT molecular complexity index is 566. The first-order valence-electron chi connectivity index (χ1n) is 4.04. The van der Waals surface area contributed by atoms with Crippen molar-refractivity contribution in [2.45, 2.75) is 13.1 Å². The Kier molecular flexibility index (Phi) is 2.07. The van der Waals surface area contributed by atoms with Crippen LogP contribution in [0.25, 0.3) is 5.65 Å². The Balaban J connectivity index is 2.82. The van der Waals surface area contributed by atoms with E-state index in [0.717, 1.165) is 6.07 Å². The molecule has 0 aliphatic heterocycles. The number of aromatic amines is 1. The second kappa shape index (κ2) is 3.06. The maximum absolute atomic E-state index is 12.4. The molecule has 0 aromatic carbocycles. The third-order valence-electron chi connectivity index (χ3n) is 1.97. The monoisotopic (exact) mass is 233 g/mol. The van der Waals surface area contributed by atoms with Gasteiger partial charge in [-0.1, -0.05) is 12.2 Å². The van der Waals surface area contributed by atoms with Crippen molar-refractivity contribution in [2.24, 2.45) is 0 Å². The lowest BCUT2D eigenvalue weighted by Gasteiger charge is -2.05. The molecular weight excluding hydrogens is 227 g/mol. The number of rotatable bonds is 0. The highest BCUT2D eigenvalue weighted by Gasteiger charge is 2.33. The normalized spacial score (nSPS) is 12.3. The van der Waals surface area contributed by atoms with Gasteiger partial charge in [0, 0.05) is 17.8 Å². The van der Waals surface area contributed by atoms with Crippen LogP contribution in [0.2, 0.25) is 0 Å². The Morgan fingerprint density at radius 3 is 2.73 bits per heavy atom. The summed E-state index contributed by atoms with van der Waals surface area (Å²) in [7, 11) is 0. The van der Waals surface area contributed by atoms with Gasteiger partial charge in [0.2, 0.25) is 0 Å². The molecule has 0 saturated carbocycles.